The third-order valence-corrected chi connectivity index (χ3v) is 3.72. The largest absolute Gasteiger partial charge is 0.387 e. The SMILES string of the molecule is C=CC(=O)Nc1ccccc1CC(=O)N1CCC(O)C(F)(F)C1. The van der Waals surface area contributed by atoms with Crippen LogP contribution in [0.2, 0.25) is 0 Å². The Morgan fingerprint density at radius 1 is 1.43 bits per heavy atom. The zero-order chi connectivity index (χ0) is 17.0. The molecule has 0 radical (unpaired) electrons. The van der Waals surface area contributed by atoms with Crippen LogP contribution in [0, 0.1) is 0 Å². The van der Waals surface area contributed by atoms with Crippen molar-refractivity contribution in [3.05, 3.63) is 42.5 Å². The number of anilines is 1. The van der Waals surface area contributed by atoms with Gasteiger partial charge in [0.25, 0.3) is 5.92 Å². The molecule has 0 aromatic heterocycles. The molecule has 5 nitrogen and oxygen atoms in total. The Balaban J connectivity index is 2.09. The minimum absolute atomic E-state index is 0.0801. The van der Waals surface area contributed by atoms with Gasteiger partial charge in [-0.2, -0.15) is 0 Å². The number of carbonyl (C=O) groups excluding carboxylic acids is 2. The number of nitrogens with one attached hydrogen (secondary N) is 1. The van der Waals surface area contributed by atoms with E-state index in [2.05, 4.69) is 11.9 Å². The van der Waals surface area contributed by atoms with Gasteiger partial charge in [0.05, 0.1) is 13.0 Å². The molecule has 2 rings (SSSR count). The van der Waals surface area contributed by atoms with Gasteiger partial charge in [-0.05, 0) is 24.1 Å². The van der Waals surface area contributed by atoms with Crippen molar-refractivity contribution in [1.29, 1.82) is 0 Å². The average molecular weight is 324 g/mol. The molecular weight excluding hydrogens is 306 g/mol. The van der Waals surface area contributed by atoms with E-state index in [-0.39, 0.29) is 19.4 Å². The van der Waals surface area contributed by atoms with E-state index in [0.29, 0.717) is 11.3 Å². The van der Waals surface area contributed by atoms with E-state index in [0.717, 1.165) is 11.0 Å². The number of carbonyl (C=O) groups is 2. The Labute approximate surface area is 132 Å². The van der Waals surface area contributed by atoms with Crippen molar-refractivity contribution in [3.8, 4) is 0 Å². The second-order valence-electron chi connectivity index (χ2n) is 5.41. The summed E-state index contributed by atoms with van der Waals surface area (Å²) in [6.45, 7) is 2.63. The Bertz CT molecular complexity index is 619. The molecule has 0 spiro atoms. The molecule has 0 aliphatic carbocycles. The van der Waals surface area contributed by atoms with Crippen LogP contribution >= 0.6 is 0 Å². The van der Waals surface area contributed by atoms with Crippen molar-refractivity contribution in [3.63, 3.8) is 0 Å². The molecule has 23 heavy (non-hydrogen) atoms. The second-order valence-corrected chi connectivity index (χ2v) is 5.41. The number of halogens is 2. The highest BCUT2D eigenvalue weighted by Gasteiger charge is 2.44. The van der Waals surface area contributed by atoms with Gasteiger partial charge in [-0.25, -0.2) is 8.78 Å². The number of alkyl halides is 2. The number of amides is 2. The minimum Gasteiger partial charge on any atom is -0.387 e. The van der Waals surface area contributed by atoms with Crippen LogP contribution in [0.5, 0.6) is 0 Å². The first-order valence-corrected chi connectivity index (χ1v) is 7.18. The van der Waals surface area contributed by atoms with E-state index in [1.165, 1.54) is 0 Å². The Morgan fingerprint density at radius 3 is 2.78 bits per heavy atom. The monoisotopic (exact) mass is 324 g/mol. The lowest BCUT2D eigenvalue weighted by Crippen LogP contribution is -2.53. The third-order valence-electron chi connectivity index (χ3n) is 3.72. The Kier molecular flexibility index (Phi) is 5.10. The Hall–Kier alpha value is -2.28. The highest BCUT2D eigenvalue weighted by molar-refractivity contribution is 5.99. The van der Waals surface area contributed by atoms with Crippen molar-refractivity contribution in [2.75, 3.05) is 18.4 Å². The normalized spacial score (nSPS) is 20.0. The van der Waals surface area contributed by atoms with Crippen LogP contribution in [0.15, 0.2) is 36.9 Å². The van der Waals surface area contributed by atoms with Crippen molar-refractivity contribution in [1.82, 2.24) is 4.90 Å². The number of aliphatic hydroxyl groups excluding tert-OH is 1. The zero-order valence-electron chi connectivity index (χ0n) is 12.5. The van der Waals surface area contributed by atoms with E-state index in [4.69, 9.17) is 0 Å². The molecule has 1 aliphatic rings. The van der Waals surface area contributed by atoms with Crippen LogP contribution in [0.3, 0.4) is 0 Å². The number of hydrogen-bond acceptors (Lipinski definition) is 3. The van der Waals surface area contributed by atoms with Gasteiger partial charge in [0, 0.05) is 12.2 Å². The van der Waals surface area contributed by atoms with Crippen molar-refractivity contribution in [2.45, 2.75) is 24.9 Å². The van der Waals surface area contributed by atoms with Crippen molar-refractivity contribution >= 4 is 17.5 Å². The molecule has 1 aromatic rings. The Morgan fingerprint density at radius 2 is 2.13 bits per heavy atom. The van der Waals surface area contributed by atoms with Gasteiger partial charge in [-0.3, -0.25) is 9.59 Å². The third kappa shape index (κ3) is 4.13. The maximum Gasteiger partial charge on any atom is 0.290 e. The summed E-state index contributed by atoms with van der Waals surface area (Å²) in [6.07, 6.45) is -0.885. The summed E-state index contributed by atoms with van der Waals surface area (Å²) in [4.78, 5) is 24.7. The topological polar surface area (TPSA) is 69.6 Å². The molecule has 1 aliphatic heterocycles. The van der Waals surface area contributed by atoms with Crippen LogP contribution in [0.4, 0.5) is 14.5 Å². The van der Waals surface area contributed by atoms with Gasteiger partial charge >= 0.3 is 0 Å². The molecule has 0 bridgehead atoms. The summed E-state index contributed by atoms with van der Waals surface area (Å²) in [5, 5.41) is 11.8. The standard InChI is InChI=1S/C16H18F2N2O3/c1-2-14(22)19-12-6-4-3-5-11(12)9-15(23)20-8-7-13(21)16(17,18)10-20/h2-6,13,21H,1,7-10H2,(H,19,22). The van der Waals surface area contributed by atoms with Gasteiger partial charge in [-0.15, -0.1) is 0 Å². The second kappa shape index (κ2) is 6.87. The smallest absolute Gasteiger partial charge is 0.290 e. The fourth-order valence-corrected chi connectivity index (χ4v) is 2.40. The molecule has 1 unspecified atom stereocenters. The minimum atomic E-state index is -3.30. The van der Waals surface area contributed by atoms with E-state index < -0.39 is 30.4 Å². The number of piperidine rings is 1. The van der Waals surface area contributed by atoms with Crippen LogP contribution in [-0.4, -0.2) is 46.9 Å². The van der Waals surface area contributed by atoms with Gasteiger partial charge in [0.2, 0.25) is 11.8 Å². The number of aliphatic hydroxyl groups is 1. The lowest BCUT2D eigenvalue weighted by Gasteiger charge is -2.36. The van der Waals surface area contributed by atoms with Gasteiger partial charge in [-0.1, -0.05) is 24.8 Å². The summed E-state index contributed by atoms with van der Waals surface area (Å²) >= 11 is 0. The van der Waals surface area contributed by atoms with Crippen LogP contribution in [-0.2, 0) is 16.0 Å². The number of benzene rings is 1. The summed E-state index contributed by atoms with van der Waals surface area (Å²) in [7, 11) is 0. The van der Waals surface area contributed by atoms with Crippen LogP contribution < -0.4 is 5.32 Å². The fourth-order valence-electron chi connectivity index (χ4n) is 2.40. The molecular formula is C16H18F2N2O3. The van der Waals surface area contributed by atoms with Crippen molar-refractivity contribution < 1.29 is 23.5 Å². The lowest BCUT2D eigenvalue weighted by molar-refractivity contribution is -0.164. The van der Waals surface area contributed by atoms with E-state index >= 15 is 0 Å². The summed E-state index contributed by atoms with van der Waals surface area (Å²) in [5.74, 6) is -4.20. The molecule has 124 valence electrons. The number of para-hydroxylation sites is 1. The molecule has 1 aromatic carbocycles. The molecule has 7 heteroatoms. The molecule has 1 saturated heterocycles. The first-order chi connectivity index (χ1) is 10.8. The molecule has 1 heterocycles. The summed E-state index contributed by atoms with van der Waals surface area (Å²) in [6, 6.07) is 6.66. The number of nitrogens with zero attached hydrogens (tertiary/aromatic N) is 1. The predicted molar refractivity (Wildman–Crippen MR) is 81.1 cm³/mol. The average Bonchev–Trinajstić information content (AvgIpc) is 2.51. The predicted octanol–water partition coefficient (Wildman–Crippen LogP) is 1.58. The maximum absolute atomic E-state index is 13.5. The lowest BCUT2D eigenvalue weighted by atomic mass is 10.0. The number of rotatable bonds is 4. The fraction of sp³-hybridized carbons (Fsp3) is 0.375. The van der Waals surface area contributed by atoms with Crippen LogP contribution in [0.25, 0.3) is 0 Å². The molecule has 2 N–H and O–H groups in total. The summed E-state index contributed by atoms with van der Waals surface area (Å²) < 4.78 is 27.1. The summed E-state index contributed by atoms with van der Waals surface area (Å²) in [5.41, 5.74) is 0.969. The maximum atomic E-state index is 13.5. The molecule has 1 atom stereocenters. The van der Waals surface area contributed by atoms with Crippen molar-refractivity contribution in [2.24, 2.45) is 0 Å². The highest BCUT2D eigenvalue weighted by Crippen LogP contribution is 2.28. The number of hydrogen-bond donors (Lipinski definition) is 2. The molecule has 0 saturated carbocycles. The van der Waals surface area contributed by atoms with Crippen LogP contribution in [0.1, 0.15) is 12.0 Å². The van der Waals surface area contributed by atoms with Gasteiger partial charge in [0.1, 0.15) is 6.10 Å². The zero-order valence-corrected chi connectivity index (χ0v) is 12.5. The highest BCUT2D eigenvalue weighted by atomic mass is 19.3. The molecule has 1 fully saturated rings. The molecule has 2 amide bonds. The van der Waals surface area contributed by atoms with E-state index in [9.17, 15) is 23.5 Å². The van der Waals surface area contributed by atoms with Gasteiger partial charge < -0.3 is 15.3 Å². The first kappa shape index (κ1) is 17.1. The van der Waals surface area contributed by atoms with Gasteiger partial charge in [0.15, 0.2) is 0 Å². The van der Waals surface area contributed by atoms with E-state index in [1.807, 2.05) is 0 Å². The number of likely N-dealkylation sites (tertiary alicyclic amines) is 1. The first-order valence-electron chi connectivity index (χ1n) is 7.18. The quantitative estimate of drug-likeness (QED) is 0.826. The van der Waals surface area contributed by atoms with E-state index in [1.54, 1.807) is 24.3 Å².